The molecule has 0 N–H and O–H groups in total. The SMILES string of the molecule is [2H]c1c([2H])c([2H])c2c(oc3c([2H])c(-c4nc(-c5ccccc5)nc(-c5cccc(-c6ccccc6)c5)n4)c([2H])c([2H])c32)c1-c1ccc(-c2ccccc2)cc1. The zero-order valence-corrected chi connectivity index (χ0v) is 26.0. The third kappa shape index (κ3) is 5.45. The molecule has 0 unspecified atom stereocenters. The van der Waals surface area contributed by atoms with Gasteiger partial charge in [0.2, 0.25) is 0 Å². The molecule has 0 saturated heterocycles. The molecule has 230 valence electrons. The third-order valence-electron chi connectivity index (χ3n) is 8.46. The lowest BCUT2D eigenvalue weighted by molar-refractivity contribution is 0.670. The highest BCUT2D eigenvalue weighted by atomic mass is 16.3. The first kappa shape index (κ1) is 22.8. The van der Waals surface area contributed by atoms with Crippen molar-refractivity contribution in [3.63, 3.8) is 0 Å². The van der Waals surface area contributed by atoms with E-state index in [2.05, 4.69) is 0 Å². The van der Waals surface area contributed by atoms with E-state index in [0.29, 0.717) is 28.3 Å². The van der Waals surface area contributed by atoms with Gasteiger partial charge in [-0.3, -0.25) is 0 Å². The van der Waals surface area contributed by atoms with Gasteiger partial charge >= 0.3 is 0 Å². The summed E-state index contributed by atoms with van der Waals surface area (Å²) in [4.78, 5) is 14.4. The lowest BCUT2D eigenvalue weighted by Gasteiger charge is -2.09. The van der Waals surface area contributed by atoms with Crippen LogP contribution in [0.5, 0.6) is 0 Å². The average molecular weight is 634 g/mol. The van der Waals surface area contributed by atoms with Crippen molar-refractivity contribution in [2.45, 2.75) is 0 Å². The summed E-state index contributed by atoms with van der Waals surface area (Å²) < 4.78 is 61.0. The Morgan fingerprint density at radius 2 is 0.939 bits per heavy atom. The highest BCUT2D eigenvalue weighted by Gasteiger charge is 2.17. The second kappa shape index (κ2) is 12.2. The van der Waals surface area contributed by atoms with Crippen molar-refractivity contribution >= 4 is 21.9 Å². The second-order valence-corrected chi connectivity index (χ2v) is 11.6. The molecule has 2 aromatic heterocycles. The first-order chi connectivity index (χ1) is 26.8. The van der Waals surface area contributed by atoms with Crippen molar-refractivity contribution in [3.05, 3.63) is 176 Å². The van der Waals surface area contributed by atoms with E-state index in [9.17, 15) is 4.11 Å². The fourth-order valence-corrected chi connectivity index (χ4v) is 5.99. The van der Waals surface area contributed by atoms with E-state index in [-0.39, 0.29) is 75.1 Å². The van der Waals surface area contributed by atoms with E-state index in [1.807, 2.05) is 140 Å². The van der Waals surface area contributed by atoms with Gasteiger partial charge in [-0.2, -0.15) is 0 Å². The predicted molar refractivity (Wildman–Crippen MR) is 200 cm³/mol. The quantitative estimate of drug-likeness (QED) is 0.183. The minimum Gasteiger partial charge on any atom is -0.455 e. The molecule has 0 spiro atoms. The van der Waals surface area contributed by atoms with Gasteiger partial charge < -0.3 is 4.42 Å². The maximum Gasteiger partial charge on any atom is 0.164 e. The summed E-state index contributed by atoms with van der Waals surface area (Å²) in [5.74, 6) is 0.669. The highest BCUT2D eigenvalue weighted by molar-refractivity contribution is 6.10. The van der Waals surface area contributed by atoms with Gasteiger partial charge in [0.25, 0.3) is 0 Å². The number of nitrogens with zero attached hydrogens (tertiary/aromatic N) is 3. The highest BCUT2D eigenvalue weighted by Crippen LogP contribution is 2.38. The number of rotatable bonds is 6. The summed E-state index contributed by atoms with van der Waals surface area (Å²) in [5.41, 5.74) is 6.22. The molecule has 49 heavy (non-hydrogen) atoms. The van der Waals surface area contributed by atoms with Crippen LogP contribution in [0.1, 0.15) is 8.22 Å². The Hall–Kier alpha value is -6.65. The molecule has 4 heteroatoms. The van der Waals surface area contributed by atoms with Crippen molar-refractivity contribution in [3.8, 4) is 67.5 Å². The predicted octanol–water partition coefficient (Wildman–Crippen LogP) is 11.8. The van der Waals surface area contributed by atoms with E-state index in [1.165, 1.54) is 0 Å². The zero-order chi connectivity index (χ0) is 37.8. The fourth-order valence-electron chi connectivity index (χ4n) is 5.99. The molecule has 7 aromatic carbocycles. The zero-order valence-electron chi connectivity index (χ0n) is 32.0. The van der Waals surface area contributed by atoms with Gasteiger partial charge in [-0.05, 0) is 46.0 Å². The van der Waals surface area contributed by atoms with Gasteiger partial charge in [0, 0.05) is 33.0 Å². The molecule has 2 heterocycles. The van der Waals surface area contributed by atoms with Crippen LogP contribution in [0.15, 0.2) is 180 Å². The molecule has 0 fully saturated rings. The van der Waals surface area contributed by atoms with Crippen molar-refractivity contribution in [2.75, 3.05) is 0 Å². The number of fused-ring (bicyclic) bond motifs is 3. The van der Waals surface area contributed by atoms with Crippen LogP contribution in [-0.4, -0.2) is 15.0 Å². The van der Waals surface area contributed by atoms with E-state index in [4.69, 9.17) is 23.5 Å². The summed E-state index contributed by atoms with van der Waals surface area (Å²) in [7, 11) is 0. The van der Waals surface area contributed by atoms with Crippen LogP contribution in [0.25, 0.3) is 89.5 Å². The largest absolute Gasteiger partial charge is 0.455 e. The lowest BCUT2D eigenvalue weighted by Crippen LogP contribution is -2.00. The molecule has 0 amide bonds. The number of hydrogen-bond donors (Lipinski definition) is 0. The molecule has 0 bridgehead atoms. The van der Waals surface area contributed by atoms with E-state index >= 15 is 0 Å². The number of aromatic nitrogens is 3. The van der Waals surface area contributed by atoms with Gasteiger partial charge in [-0.25, -0.2) is 15.0 Å². The Morgan fingerprint density at radius 1 is 0.408 bits per heavy atom. The van der Waals surface area contributed by atoms with Gasteiger partial charge in [0.05, 0.1) is 8.22 Å². The van der Waals surface area contributed by atoms with Crippen LogP contribution < -0.4 is 0 Å². The number of benzene rings is 7. The normalized spacial score (nSPS) is 13.0. The average Bonchev–Trinajstić information content (AvgIpc) is 3.64. The van der Waals surface area contributed by atoms with Crippen molar-refractivity contribution < 1.29 is 12.6 Å². The van der Waals surface area contributed by atoms with Crippen molar-refractivity contribution in [1.82, 2.24) is 15.0 Å². The van der Waals surface area contributed by atoms with Crippen molar-refractivity contribution in [2.24, 2.45) is 0 Å². The topological polar surface area (TPSA) is 51.8 Å². The standard InChI is InChI=1S/C45H29N3O/c1-4-12-30(13-5-1)32-22-24-33(25-23-32)38-20-11-21-40-39-27-26-37(29-41(39)49-42(38)40)45-47-43(34-16-8-3-9-17-34)46-44(48-45)36-19-10-18-35(28-36)31-14-6-2-7-15-31/h1-29H/i11D,20D,21D,26D,27D,29D. The molecule has 0 saturated carbocycles. The lowest BCUT2D eigenvalue weighted by atomic mass is 9.99. The Bertz CT molecular complexity index is 2920. The van der Waals surface area contributed by atoms with Gasteiger partial charge in [-0.15, -0.1) is 0 Å². The number of hydrogen-bond acceptors (Lipinski definition) is 4. The molecule has 0 aliphatic heterocycles. The van der Waals surface area contributed by atoms with Crippen LogP contribution >= 0.6 is 0 Å². The maximum absolute atomic E-state index is 9.47. The number of para-hydroxylation sites is 1. The Balaban J connectivity index is 1.26. The van der Waals surface area contributed by atoms with Gasteiger partial charge in [0.15, 0.2) is 17.5 Å². The summed E-state index contributed by atoms with van der Waals surface area (Å²) in [6.45, 7) is 0. The molecule has 4 nitrogen and oxygen atoms in total. The van der Waals surface area contributed by atoms with Crippen LogP contribution in [0.2, 0.25) is 0 Å². The molecule has 0 atom stereocenters. The monoisotopic (exact) mass is 633 g/mol. The number of furan rings is 1. The molecule has 0 radical (unpaired) electrons. The Kier molecular flexibility index (Phi) is 5.67. The first-order valence-electron chi connectivity index (χ1n) is 18.9. The van der Waals surface area contributed by atoms with Crippen LogP contribution in [0, 0.1) is 0 Å². The molecular weight excluding hydrogens is 599 g/mol. The summed E-state index contributed by atoms with van der Waals surface area (Å²) in [5, 5.41) is 0.165. The minimum absolute atomic E-state index is 0.0185. The van der Waals surface area contributed by atoms with Gasteiger partial charge in [-0.1, -0.05) is 158 Å². The smallest absolute Gasteiger partial charge is 0.164 e. The molecule has 9 aromatic rings. The molecule has 0 aliphatic carbocycles. The Morgan fingerprint density at radius 3 is 1.63 bits per heavy atom. The summed E-state index contributed by atoms with van der Waals surface area (Å²) in [6.07, 6.45) is 0. The third-order valence-corrected chi connectivity index (χ3v) is 8.46. The Labute approximate surface area is 292 Å². The van der Waals surface area contributed by atoms with E-state index in [1.54, 1.807) is 0 Å². The molecular formula is C45H29N3O. The van der Waals surface area contributed by atoms with Crippen LogP contribution in [0.3, 0.4) is 0 Å². The van der Waals surface area contributed by atoms with E-state index in [0.717, 1.165) is 22.3 Å². The summed E-state index contributed by atoms with van der Waals surface area (Å²) in [6, 6.07) is 42.7. The minimum atomic E-state index is -0.341. The van der Waals surface area contributed by atoms with E-state index < -0.39 is 0 Å². The van der Waals surface area contributed by atoms with Crippen LogP contribution in [0.4, 0.5) is 0 Å². The maximum atomic E-state index is 9.47. The summed E-state index contributed by atoms with van der Waals surface area (Å²) >= 11 is 0. The van der Waals surface area contributed by atoms with Crippen molar-refractivity contribution in [1.29, 1.82) is 0 Å². The molecule has 0 aliphatic rings. The molecule has 9 rings (SSSR count). The van der Waals surface area contributed by atoms with Gasteiger partial charge in [0.1, 0.15) is 11.2 Å². The van der Waals surface area contributed by atoms with Crippen LogP contribution in [-0.2, 0) is 0 Å². The second-order valence-electron chi connectivity index (χ2n) is 11.6. The first-order valence-corrected chi connectivity index (χ1v) is 15.9. The fraction of sp³-hybridized carbons (Fsp3) is 0.